The van der Waals surface area contributed by atoms with Crippen molar-refractivity contribution >= 4 is 28.4 Å². The van der Waals surface area contributed by atoms with Crippen LogP contribution in [0.4, 0.5) is 24.5 Å². The summed E-state index contributed by atoms with van der Waals surface area (Å²) in [5, 5.41) is 5.18. The molecule has 1 aromatic heterocycles. The number of benzene rings is 2. The van der Waals surface area contributed by atoms with Crippen LogP contribution in [0.25, 0.3) is 22.6 Å². The first-order valence-corrected chi connectivity index (χ1v) is 8.71. The van der Waals surface area contributed by atoms with Crippen molar-refractivity contribution in [2.75, 3.05) is 23.3 Å². The predicted molar refractivity (Wildman–Crippen MR) is 98.9 cm³/mol. The van der Waals surface area contributed by atoms with Crippen molar-refractivity contribution in [1.29, 1.82) is 0 Å². The number of nitrogens with zero attached hydrogens (tertiary/aromatic N) is 2. The number of rotatable bonds is 4. The van der Waals surface area contributed by atoms with Gasteiger partial charge in [0, 0.05) is 18.7 Å². The Bertz CT molecular complexity index is 998. The highest BCUT2D eigenvalue weighted by Crippen LogP contribution is 2.37. The van der Waals surface area contributed by atoms with Crippen LogP contribution in [-0.2, 0) is 4.79 Å². The van der Waals surface area contributed by atoms with E-state index in [0.717, 1.165) is 22.5 Å². The molecule has 9 heteroatoms. The summed E-state index contributed by atoms with van der Waals surface area (Å²) in [6.45, 7) is 2.02. The highest BCUT2D eigenvalue weighted by molar-refractivity contribution is 5.83. The number of aromatic nitrogens is 1. The van der Waals surface area contributed by atoms with Gasteiger partial charge in [-0.2, -0.15) is 13.2 Å². The third-order valence-corrected chi connectivity index (χ3v) is 4.57. The maximum absolute atomic E-state index is 12.3. The lowest BCUT2D eigenvalue weighted by molar-refractivity contribution is -0.173. The Morgan fingerprint density at radius 3 is 2.82 bits per heavy atom. The lowest BCUT2D eigenvalue weighted by atomic mass is 10.1. The number of hydrogen-bond acceptors (Lipinski definition) is 5. The summed E-state index contributed by atoms with van der Waals surface area (Å²) in [7, 11) is 0. The average molecular weight is 390 g/mol. The summed E-state index contributed by atoms with van der Waals surface area (Å²) in [6.07, 6.45) is -5.00. The Balaban J connectivity index is 1.51. The lowest BCUT2D eigenvalue weighted by Crippen LogP contribution is -2.43. The van der Waals surface area contributed by atoms with Crippen LogP contribution >= 0.6 is 0 Å². The molecule has 1 unspecified atom stereocenters. The number of alkyl halides is 3. The number of amides is 1. The number of nitrogens with one attached hydrogen (secondary N) is 2. The van der Waals surface area contributed by atoms with Gasteiger partial charge in [-0.25, -0.2) is 4.98 Å². The van der Waals surface area contributed by atoms with Crippen molar-refractivity contribution in [3.05, 3.63) is 42.5 Å². The maximum Gasteiger partial charge on any atom is 0.471 e. The molecule has 2 N–H and O–H groups in total. The van der Waals surface area contributed by atoms with Crippen molar-refractivity contribution < 1.29 is 22.4 Å². The zero-order chi connectivity index (χ0) is 19.9. The van der Waals surface area contributed by atoms with Gasteiger partial charge in [0.2, 0.25) is 5.89 Å². The van der Waals surface area contributed by atoms with Crippen LogP contribution in [-0.4, -0.2) is 36.3 Å². The van der Waals surface area contributed by atoms with Gasteiger partial charge in [-0.05, 0) is 37.3 Å². The Morgan fingerprint density at radius 2 is 2.07 bits per heavy atom. The molecular weight excluding hydrogens is 373 g/mol. The number of carbonyl (C=O) groups excluding carboxylic acids is 1. The van der Waals surface area contributed by atoms with Gasteiger partial charge in [0.15, 0.2) is 5.58 Å². The van der Waals surface area contributed by atoms with Gasteiger partial charge in [0.25, 0.3) is 0 Å². The summed E-state index contributed by atoms with van der Waals surface area (Å²) < 4.78 is 42.7. The molecule has 2 heterocycles. The molecule has 0 saturated heterocycles. The number of para-hydroxylation sites is 2. The van der Waals surface area contributed by atoms with Crippen LogP contribution in [0.3, 0.4) is 0 Å². The van der Waals surface area contributed by atoms with Crippen molar-refractivity contribution in [2.45, 2.75) is 19.3 Å². The first-order chi connectivity index (χ1) is 13.3. The highest BCUT2D eigenvalue weighted by atomic mass is 19.4. The average Bonchev–Trinajstić information content (AvgIpc) is 3.21. The molecule has 0 fully saturated rings. The monoisotopic (exact) mass is 390 g/mol. The van der Waals surface area contributed by atoms with Gasteiger partial charge < -0.3 is 20.0 Å². The van der Waals surface area contributed by atoms with E-state index in [2.05, 4.69) is 10.3 Å². The van der Waals surface area contributed by atoms with E-state index < -0.39 is 12.1 Å². The summed E-state index contributed by atoms with van der Waals surface area (Å²) in [4.78, 5) is 17.3. The first kappa shape index (κ1) is 18.1. The van der Waals surface area contributed by atoms with E-state index in [-0.39, 0.29) is 19.3 Å². The number of halogens is 3. The van der Waals surface area contributed by atoms with Gasteiger partial charge in [-0.1, -0.05) is 12.1 Å². The number of anilines is 2. The largest absolute Gasteiger partial charge is 0.471 e. The molecular formula is C19H17F3N4O2. The fraction of sp³-hybridized carbons (Fsp3) is 0.263. The molecule has 4 rings (SSSR count). The molecule has 2 aromatic carbocycles. The van der Waals surface area contributed by atoms with Crippen LogP contribution in [0, 0.1) is 0 Å². The normalized spacial score (nSPS) is 16.1. The van der Waals surface area contributed by atoms with E-state index in [1.165, 1.54) is 0 Å². The van der Waals surface area contributed by atoms with Gasteiger partial charge in [-0.3, -0.25) is 4.79 Å². The van der Waals surface area contributed by atoms with E-state index >= 15 is 0 Å². The van der Waals surface area contributed by atoms with Gasteiger partial charge in [0.1, 0.15) is 5.52 Å². The fourth-order valence-electron chi connectivity index (χ4n) is 3.25. The molecule has 0 saturated carbocycles. The molecule has 0 spiro atoms. The number of hydrogen-bond donors (Lipinski definition) is 2. The lowest BCUT2D eigenvalue weighted by Gasteiger charge is -2.24. The highest BCUT2D eigenvalue weighted by Gasteiger charge is 2.38. The van der Waals surface area contributed by atoms with E-state index in [4.69, 9.17) is 4.42 Å². The zero-order valence-corrected chi connectivity index (χ0v) is 14.9. The van der Waals surface area contributed by atoms with E-state index in [1.807, 2.05) is 59.6 Å². The molecule has 1 atom stereocenters. The van der Waals surface area contributed by atoms with Crippen LogP contribution in [0.5, 0.6) is 0 Å². The van der Waals surface area contributed by atoms with Gasteiger partial charge >= 0.3 is 12.1 Å². The number of fused-ring (bicyclic) bond motifs is 2. The molecule has 1 aliphatic heterocycles. The molecule has 0 aliphatic carbocycles. The smallest absolute Gasteiger partial charge is 0.436 e. The molecule has 0 radical (unpaired) electrons. The Hall–Kier alpha value is -3.23. The van der Waals surface area contributed by atoms with E-state index in [1.54, 1.807) is 0 Å². The number of carbonyl (C=O) groups is 1. The summed E-state index contributed by atoms with van der Waals surface area (Å²) in [5.41, 5.74) is 3.92. The van der Waals surface area contributed by atoms with Crippen LogP contribution < -0.4 is 15.5 Å². The second-order valence-electron chi connectivity index (χ2n) is 6.49. The minimum absolute atomic E-state index is 0.114. The summed E-state index contributed by atoms with van der Waals surface area (Å²) in [5.74, 6) is -1.44. The number of oxazole rings is 1. The first-order valence-electron chi connectivity index (χ1n) is 8.71. The zero-order valence-electron chi connectivity index (χ0n) is 14.9. The van der Waals surface area contributed by atoms with E-state index in [9.17, 15) is 18.0 Å². The fourth-order valence-corrected chi connectivity index (χ4v) is 3.25. The maximum atomic E-state index is 12.3. The third-order valence-electron chi connectivity index (χ3n) is 4.57. The minimum Gasteiger partial charge on any atom is -0.436 e. The van der Waals surface area contributed by atoms with Crippen molar-refractivity contribution in [1.82, 2.24) is 10.3 Å². The molecule has 6 nitrogen and oxygen atoms in total. The van der Waals surface area contributed by atoms with Crippen molar-refractivity contribution in [2.24, 2.45) is 0 Å². The topological polar surface area (TPSA) is 70.4 Å². The molecule has 1 aliphatic rings. The Labute approximate surface area is 158 Å². The standard InChI is InChI=1S/C19H17F3N4O2/c1-11-24-14-10-12(17-25-13-4-2-3-5-16(13)28-17)6-7-15(14)26(11)9-8-23-18(27)19(20,21)22/h2-7,10-11,24H,8-9H2,1H3,(H,23,27). The van der Waals surface area contributed by atoms with Crippen LogP contribution in [0.1, 0.15) is 6.92 Å². The molecule has 146 valence electrons. The Kier molecular flexibility index (Phi) is 4.37. The van der Waals surface area contributed by atoms with E-state index in [0.29, 0.717) is 11.5 Å². The van der Waals surface area contributed by atoms with Crippen molar-refractivity contribution in [3.63, 3.8) is 0 Å². The minimum atomic E-state index is -4.87. The SMILES string of the molecule is CC1Nc2cc(-c3nc4ccccc4o3)ccc2N1CCNC(=O)C(F)(F)F. The third kappa shape index (κ3) is 3.35. The summed E-state index contributed by atoms with van der Waals surface area (Å²) in [6, 6.07) is 13.1. The molecule has 28 heavy (non-hydrogen) atoms. The van der Waals surface area contributed by atoms with Crippen LogP contribution in [0.15, 0.2) is 46.9 Å². The molecule has 3 aromatic rings. The van der Waals surface area contributed by atoms with Crippen LogP contribution in [0.2, 0.25) is 0 Å². The van der Waals surface area contributed by atoms with Crippen molar-refractivity contribution in [3.8, 4) is 11.5 Å². The second-order valence-corrected chi connectivity index (χ2v) is 6.49. The van der Waals surface area contributed by atoms with Gasteiger partial charge in [-0.15, -0.1) is 0 Å². The molecule has 1 amide bonds. The summed E-state index contributed by atoms with van der Waals surface area (Å²) >= 11 is 0. The second kappa shape index (κ2) is 6.74. The Morgan fingerprint density at radius 1 is 1.29 bits per heavy atom. The molecule has 0 bridgehead atoms. The predicted octanol–water partition coefficient (Wildman–Crippen LogP) is 3.75. The van der Waals surface area contributed by atoms with Gasteiger partial charge in [0.05, 0.1) is 17.5 Å². The quantitative estimate of drug-likeness (QED) is 0.710.